The highest BCUT2D eigenvalue weighted by atomic mass is 79.9. The van der Waals surface area contributed by atoms with Crippen LogP contribution < -0.4 is 4.72 Å². The quantitative estimate of drug-likeness (QED) is 0.668. The highest BCUT2D eigenvalue weighted by Crippen LogP contribution is 2.28. The van der Waals surface area contributed by atoms with E-state index >= 15 is 0 Å². The number of alkyl halides is 1. The second-order valence-corrected chi connectivity index (χ2v) is 7.69. The van der Waals surface area contributed by atoms with Gasteiger partial charge in [0.15, 0.2) is 0 Å². The molecular weight excluding hydrogens is 338 g/mol. The molecule has 102 valence electrons. The third kappa shape index (κ3) is 4.15. The molecule has 18 heavy (non-hydrogen) atoms. The van der Waals surface area contributed by atoms with Crippen molar-refractivity contribution >= 4 is 44.2 Å². The fraction of sp³-hybridized carbons (Fsp3) is 0.545. The molecule has 0 aliphatic carbocycles. The summed E-state index contributed by atoms with van der Waals surface area (Å²) in [6.07, 6.45) is 0. The van der Waals surface area contributed by atoms with Crippen LogP contribution in [-0.2, 0) is 21.1 Å². The fourth-order valence-corrected chi connectivity index (χ4v) is 4.55. The second-order valence-electron chi connectivity index (χ2n) is 4.67. The molecule has 1 rings (SSSR count). The van der Waals surface area contributed by atoms with Gasteiger partial charge in [0.2, 0.25) is 0 Å². The summed E-state index contributed by atoms with van der Waals surface area (Å²) in [5, 5.41) is 0.549. The highest BCUT2D eigenvalue weighted by Gasteiger charge is 2.21. The van der Waals surface area contributed by atoms with E-state index in [1.165, 1.54) is 18.4 Å². The van der Waals surface area contributed by atoms with Crippen molar-refractivity contribution in [3.63, 3.8) is 0 Å². The average molecular weight is 354 g/mol. The van der Waals surface area contributed by atoms with Gasteiger partial charge in [-0.1, -0.05) is 15.9 Å². The number of rotatable bonds is 4. The zero-order valence-electron chi connectivity index (χ0n) is 10.7. The van der Waals surface area contributed by atoms with E-state index in [1.54, 1.807) is 6.07 Å². The van der Waals surface area contributed by atoms with Crippen LogP contribution in [0.15, 0.2) is 10.3 Å². The topological polar surface area (TPSA) is 55.4 Å². The van der Waals surface area contributed by atoms with E-state index in [1.807, 2.05) is 20.8 Å². The largest absolute Gasteiger partial charge is 0.465 e. The molecule has 0 fully saturated rings. The number of halogens is 1. The first-order chi connectivity index (χ1) is 8.28. The first-order valence-electron chi connectivity index (χ1n) is 5.25. The van der Waals surface area contributed by atoms with Crippen LogP contribution >= 0.6 is 27.3 Å². The predicted molar refractivity (Wildman–Crippen MR) is 77.6 cm³/mol. The van der Waals surface area contributed by atoms with Gasteiger partial charge in [0, 0.05) is 10.9 Å². The first-order valence-corrected chi connectivity index (χ1v) is 8.34. The Morgan fingerprint density at radius 2 is 2.17 bits per heavy atom. The van der Waals surface area contributed by atoms with Crippen LogP contribution in [0.2, 0.25) is 0 Å². The van der Waals surface area contributed by atoms with Gasteiger partial charge in [0.25, 0.3) is 0 Å². The molecule has 1 aromatic heterocycles. The van der Waals surface area contributed by atoms with E-state index in [9.17, 15) is 9.00 Å². The highest BCUT2D eigenvalue weighted by molar-refractivity contribution is 9.08. The number of nitrogens with one attached hydrogen (secondary N) is 1. The van der Waals surface area contributed by atoms with Gasteiger partial charge in [0.05, 0.1) is 7.11 Å². The minimum absolute atomic E-state index is 0.260. The molecule has 0 aliphatic heterocycles. The maximum Gasteiger partial charge on any atom is 0.348 e. The SMILES string of the molecule is COC(=O)c1cc(CBr)c(S(=O)NC(C)(C)C)s1. The van der Waals surface area contributed by atoms with Crippen molar-refractivity contribution in [1.29, 1.82) is 0 Å². The summed E-state index contributed by atoms with van der Waals surface area (Å²) in [4.78, 5) is 11.9. The zero-order valence-corrected chi connectivity index (χ0v) is 13.9. The van der Waals surface area contributed by atoms with Crippen molar-refractivity contribution in [2.24, 2.45) is 0 Å². The number of thiophene rings is 1. The Labute approximate surface area is 122 Å². The van der Waals surface area contributed by atoms with Gasteiger partial charge in [-0.2, -0.15) is 0 Å². The van der Waals surface area contributed by atoms with Crippen LogP contribution in [0.5, 0.6) is 0 Å². The van der Waals surface area contributed by atoms with E-state index in [-0.39, 0.29) is 5.54 Å². The number of carbonyl (C=O) groups is 1. The molecule has 0 saturated heterocycles. The van der Waals surface area contributed by atoms with E-state index < -0.39 is 17.0 Å². The molecule has 1 atom stereocenters. The Balaban J connectivity index is 3.04. The summed E-state index contributed by atoms with van der Waals surface area (Å²) in [6, 6.07) is 1.71. The van der Waals surface area contributed by atoms with E-state index in [2.05, 4.69) is 25.4 Å². The van der Waals surface area contributed by atoms with Gasteiger partial charge >= 0.3 is 5.97 Å². The lowest BCUT2D eigenvalue weighted by Gasteiger charge is -2.19. The number of carbonyl (C=O) groups excluding carboxylic acids is 1. The van der Waals surface area contributed by atoms with E-state index in [0.717, 1.165) is 5.56 Å². The van der Waals surface area contributed by atoms with Gasteiger partial charge in [-0.3, -0.25) is 0 Å². The zero-order chi connectivity index (χ0) is 13.9. The Morgan fingerprint density at radius 1 is 1.56 bits per heavy atom. The molecule has 7 heteroatoms. The molecule has 0 aliphatic rings. The van der Waals surface area contributed by atoms with Gasteiger partial charge < -0.3 is 4.74 Å². The molecule has 0 amide bonds. The van der Waals surface area contributed by atoms with E-state index in [4.69, 9.17) is 0 Å². The summed E-state index contributed by atoms with van der Waals surface area (Å²) >= 11 is 4.53. The Kier molecular flexibility index (Phi) is 5.51. The number of esters is 1. The molecule has 0 saturated carbocycles. The van der Waals surface area contributed by atoms with Crippen molar-refractivity contribution in [3.05, 3.63) is 16.5 Å². The maximum atomic E-state index is 12.2. The third-order valence-corrected chi connectivity index (χ3v) is 5.52. The molecule has 0 spiro atoms. The average Bonchev–Trinajstić information content (AvgIpc) is 2.69. The van der Waals surface area contributed by atoms with Crippen LogP contribution in [-0.4, -0.2) is 22.8 Å². The molecule has 0 aromatic carbocycles. The van der Waals surface area contributed by atoms with Crippen molar-refractivity contribution in [1.82, 2.24) is 4.72 Å². The molecule has 1 N–H and O–H groups in total. The predicted octanol–water partition coefficient (Wildman–Crippen LogP) is 2.84. The van der Waals surface area contributed by atoms with Crippen LogP contribution in [0.4, 0.5) is 0 Å². The standard InChI is InChI=1S/C11H16BrNO3S2/c1-11(2,3)13-18(15)10-7(6-12)5-8(17-10)9(14)16-4/h5,13H,6H2,1-4H3. The van der Waals surface area contributed by atoms with Crippen LogP contribution in [0.1, 0.15) is 36.0 Å². The molecule has 0 radical (unpaired) electrons. The van der Waals surface area contributed by atoms with Crippen molar-refractivity contribution < 1.29 is 13.7 Å². The number of hydrogen-bond acceptors (Lipinski definition) is 4. The maximum absolute atomic E-state index is 12.2. The Bertz CT molecular complexity index is 465. The number of ether oxygens (including phenoxy) is 1. The van der Waals surface area contributed by atoms with Gasteiger partial charge in [-0.25, -0.2) is 13.7 Å². The fourth-order valence-electron chi connectivity index (χ4n) is 1.19. The van der Waals surface area contributed by atoms with Gasteiger partial charge in [-0.15, -0.1) is 11.3 Å². The van der Waals surface area contributed by atoms with E-state index in [0.29, 0.717) is 14.4 Å². The van der Waals surface area contributed by atoms with Crippen molar-refractivity contribution in [3.8, 4) is 0 Å². The number of hydrogen-bond donors (Lipinski definition) is 1. The molecule has 1 aromatic rings. The summed E-state index contributed by atoms with van der Waals surface area (Å²) in [5.74, 6) is -0.402. The molecular formula is C11H16BrNO3S2. The summed E-state index contributed by atoms with van der Waals surface area (Å²) in [7, 11) is 0.00198. The monoisotopic (exact) mass is 353 g/mol. The lowest BCUT2D eigenvalue weighted by Crippen LogP contribution is -2.37. The Morgan fingerprint density at radius 3 is 2.61 bits per heavy atom. The summed E-state index contributed by atoms with van der Waals surface area (Å²) < 4.78 is 20.5. The minimum Gasteiger partial charge on any atom is -0.465 e. The first kappa shape index (κ1) is 15.8. The molecule has 0 bridgehead atoms. The van der Waals surface area contributed by atoms with Crippen molar-refractivity contribution in [2.45, 2.75) is 35.8 Å². The van der Waals surface area contributed by atoms with Gasteiger partial charge in [-0.05, 0) is 32.4 Å². The minimum atomic E-state index is -1.33. The molecule has 4 nitrogen and oxygen atoms in total. The van der Waals surface area contributed by atoms with Crippen molar-refractivity contribution in [2.75, 3.05) is 7.11 Å². The van der Waals surface area contributed by atoms with Gasteiger partial charge in [0.1, 0.15) is 20.1 Å². The van der Waals surface area contributed by atoms with Crippen LogP contribution in [0, 0.1) is 0 Å². The lowest BCUT2D eigenvalue weighted by molar-refractivity contribution is 0.0606. The van der Waals surface area contributed by atoms with Crippen LogP contribution in [0.25, 0.3) is 0 Å². The normalized spacial score (nSPS) is 13.4. The third-order valence-electron chi connectivity index (χ3n) is 1.87. The Hall–Kier alpha value is -0.240. The van der Waals surface area contributed by atoms with Crippen LogP contribution in [0.3, 0.4) is 0 Å². The lowest BCUT2D eigenvalue weighted by atomic mass is 10.1. The summed E-state index contributed by atoms with van der Waals surface area (Å²) in [5.41, 5.74) is 0.583. The molecule has 1 heterocycles. The number of methoxy groups -OCH3 is 1. The smallest absolute Gasteiger partial charge is 0.348 e. The second kappa shape index (κ2) is 6.27. The summed E-state index contributed by atoms with van der Waals surface area (Å²) in [6.45, 7) is 5.81. The molecule has 1 unspecified atom stereocenters.